The molecule has 17 heavy (non-hydrogen) atoms. The Morgan fingerprint density at radius 1 is 1.18 bits per heavy atom. The van der Waals surface area contributed by atoms with Crippen molar-refractivity contribution in [1.29, 1.82) is 0 Å². The van der Waals surface area contributed by atoms with Crippen LogP contribution >= 0.6 is 22.6 Å². The molecule has 1 aliphatic heterocycles. The minimum Gasteiger partial charge on any atom is -0.486 e. The van der Waals surface area contributed by atoms with E-state index in [9.17, 15) is 0 Å². The number of fused-ring (bicyclic) bond motifs is 1. The summed E-state index contributed by atoms with van der Waals surface area (Å²) in [7, 11) is 0. The molecule has 0 saturated carbocycles. The Hall–Kier alpha value is -1.44. The van der Waals surface area contributed by atoms with Gasteiger partial charge in [-0.25, -0.2) is 0 Å². The lowest BCUT2D eigenvalue weighted by Crippen LogP contribution is -2.15. The van der Waals surface area contributed by atoms with Crippen LogP contribution in [0.3, 0.4) is 0 Å². The Morgan fingerprint density at radius 3 is 2.65 bits per heavy atom. The molecule has 3 rings (SSSR count). The standard InChI is InChI=1S/C11H9IN2O3/c12-9-10(17-14-11(9)13)6-1-2-7-8(5-6)16-4-3-15-7/h1-2,5H,3-4H2,(H2,13,14). The molecule has 88 valence electrons. The molecule has 1 aromatic carbocycles. The normalized spacial score (nSPS) is 13.7. The predicted octanol–water partition coefficient (Wildman–Crippen LogP) is 2.30. The number of aromatic nitrogens is 1. The van der Waals surface area contributed by atoms with Crippen LogP contribution in [0.4, 0.5) is 5.82 Å². The highest BCUT2D eigenvalue weighted by atomic mass is 127. The second kappa shape index (κ2) is 4.10. The highest BCUT2D eigenvalue weighted by Crippen LogP contribution is 2.36. The number of benzene rings is 1. The minimum atomic E-state index is 0.399. The summed E-state index contributed by atoms with van der Waals surface area (Å²) < 4.78 is 17.0. The fourth-order valence-corrected chi connectivity index (χ4v) is 2.16. The fourth-order valence-electron chi connectivity index (χ4n) is 1.66. The molecular weight excluding hydrogens is 335 g/mol. The maximum absolute atomic E-state index is 5.65. The van der Waals surface area contributed by atoms with Gasteiger partial charge in [-0.05, 0) is 40.8 Å². The lowest BCUT2D eigenvalue weighted by molar-refractivity contribution is 0.171. The van der Waals surface area contributed by atoms with Crippen LogP contribution in [-0.2, 0) is 0 Å². The van der Waals surface area contributed by atoms with E-state index >= 15 is 0 Å². The smallest absolute Gasteiger partial charge is 0.182 e. The van der Waals surface area contributed by atoms with E-state index in [1.165, 1.54) is 0 Å². The minimum absolute atomic E-state index is 0.399. The molecule has 0 atom stereocenters. The van der Waals surface area contributed by atoms with Crippen molar-refractivity contribution in [3.8, 4) is 22.8 Å². The fraction of sp³-hybridized carbons (Fsp3) is 0.182. The van der Waals surface area contributed by atoms with Crippen LogP contribution in [0, 0.1) is 3.57 Å². The predicted molar refractivity (Wildman–Crippen MR) is 70.1 cm³/mol. The molecule has 0 unspecified atom stereocenters. The van der Waals surface area contributed by atoms with Crippen LogP contribution in [0.25, 0.3) is 11.3 Å². The van der Waals surface area contributed by atoms with Crippen molar-refractivity contribution in [3.05, 3.63) is 21.8 Å². The second-order valence-electron chi connectivity index (χ2n) is 3.57. The zero-order valence-corrected chi connectivity index (χ0v) is 10.9. The van der Waals surface area contributed by atoms with Gasteiger partial charge in [-0.1, -0.05) is 5.16 Å². The van der Waals surface area contributed by atoms with E-state index in [4.69, 9.17) is 19.7 Å². The third-order valence-corrected chi connectivity index (χ3v) is 3.51. The van der Waals surface area contributed by atoms with Crippen LogP contribution in [0.5, 0.6) is 11.5 Å². The van der Waals surface area contributed by atoms with E-state index in [1.54, 1.807) is 0 Å². The molecule has 0 amide bonds. The largest absolute Gasteiger partial charge is 0.486 e. The first-order valence-electron chi connectivity index (χ1n) is 5.06. The van der Waals surface area contributed by atoms with Crippen molar-refractivity contribution in [1.82, 2.24) is 5.16 Å². The molecule has 5 nitrogen and oxygen atoms in total. The van der Waals surface area contributed by atoms with Crippen molar-refractivity contribution in [2.75, 3.05) is 18.9 Å². The molecule has 2 N–H and O–H groups in total. The molecular formula is C11H9IN2O3. The molecule has 0 saturated heterocycles. The summed E-state index contributed by atoms with van der Waals surface area (Å²) in [5.74, 6) is 2.53. The summed E-state index contributed by atoms with van der Waals surface area (Å²) in [6, 6.07) is 5.63. The van der Waals surface area contributed by atoms with E-state index in [0.29, 0.717) is 24.8 Å². The summed E-state index contributed by atoms with van der Waals surface area (Å²) in [6.45, 7) is 1.14. The number of nitrogens with two attached hydrogens (primary N) is 1. The van der Waals surface area contributed by atoms with Gasteiger partial charge in [-0.15, -0.1) is 0 Å². The maximum atomic E-state index is 5.65. The zero-order valence-electron chi connectivity index (χ0n) is 8.77. The van der Waals surface area contributed by atoms with Crippen LogP contribution in [0.1, 0.15) is 0 Å². The number of nitrogens with zero attached hydrogens (tertiary/aromatic N) is 1. The van der Waals surface area contributed by atoms with Crippen LogP contribution in [0.15, 0.2) is 22.7 Å². The van der Waals surface area contributed by atoms with Gasteiger partial charge in [-0.2, -0.15) is 0 Å². The number of hydrogen-bond acceptors (Lipinski definition) is 5. The molecule has 0 spiro atoms. The van der Waals surface area contributed by atoms with Gasteiger partial charge in [0, 0.05) is 5.56 Å². The first kappa shape index (κ1) is 10.7. The van der Waals surface area contributed by atoms with E-state index in [2.05, 4.69) is 27.7 Å². The van der Waals surface area contributed by atoms with Crippen LogP contribution < -0.4 is 15.2 Å². The number of halogens is 1. The van der Waals surface area contributed by atoms with Gasteiger partial charge >= 0.3 is 0 Å². The average Bonchev–Trinajstić information content (AvgIpc) is 2.70. The Morgan fingerprint density at radius 2 is 1.94 bits per heavy atom. The van der Waals surface area contributed by atoms with Gasteiger partial charge in [0.25, 0.3) is 0 Å². The van der Waals surface area contributed by atoms with Crippen molar-refractivity contribution in [2.24, 2.45) is 0 Å². The molecule has 0 bridgehead atoms. The lowest BCUT2D eigenvalue weighted by atomic mass is 10.1. The van der Waals surface area contributed by atoms with Crippen molar-refractivity contribution < 1.29 is 14.0 Å². The topological polar surface area (TPSA) is 70.5 Å². The SMILES string of the molecule is Nc1noc(-c2ccc3c(c2)OCCO3)c1I. The van der Waals surface area contributed by atoms with E-state index in [0.717, 1.165) is 20.6 Å². The van der Waals surface area contributed by atoms with E-state index in [-0.39, 0.29) is 0 Å². The molecule has 1 aromatic heterocycles. The monoisotopic (exact) mass is 344 g/mol. The first-order valence-corrected chi connectivity index (χ1v) is 6.14. The Kier molecular flexibility index (Phi) is 2.58. The summed E-state index contributed by atoms with van der Waals surface area (Å²) in [5, 5.41) is 3.73. The number of rotatable bonds is 1. The third-order valence-electron chi connectivity index (χ3n) is 2.46. The van der Waals surface area contributed by atoms with Gasteiger partial charge in [0.15, 0.2) is 23.1 Å². The Balaban J connectivity index is 2.07. The van der Waals surface area contributed by atoms with Crippen LogP contribution in [0.2, 0.25) is 0 Å². The second-order valence-corrected chi connectivity index (χ2v) is 4.65. The summed E-state index contributed by atoms with van der Waals surface area (Å²) in [5.41, 5.74) is 6.53. The molecule has 6 heteroatoms. The van der Waals surface area contributed by atoms with Crippen molar-refractivity contribution >= 4 is 28.4 Å². The highest BCUT2D eigenvalue weighted by Gasteiger charge is 2.17. The molecule has 0 aliphatic carbocycles. The third kappa shape index (κ3) is 1.82. The summed E-state index contributed by atoms with van der Waals surface area (Å²) in [6.07, 6.45) is 0. The maximum Gasteiger partial charge on any atom is 0.182 e. The Bertz CT molecular complexity index is 568. The van der Waals surface area contributed by atoms with Gasteiger partial charge in [-0.3, -0.25) is 0 Å². The molecule has 0 radical (unpaired) electrons. The molecule has 0 fully saturated rings. The van der Waals surface area contributed by atoms with E-state index in [1.807, 2.05) is 18.2 Å². The average molecular weight is 344 g/mol. The first-order chi connectivity index (χ1) is 8.25. The quantitative estimate of drug-likeness (QED) is 0.804. The molecule has 1 aliphatic rings. The summed E-state index contributed by atoms with van der Waals surface area (Å²) >= 11 is 2.11. The number of nitrogen functional groups attached to an aromatic ring is 1. The van der Waals surface area contributed by atoms with Gasteiger partial charge < -0.3 is 19.7 Å². The number of hydrogen-bond donors (Lipinski definition) is 1. The highest BCUT2D eigenvalue weighted by molar-refractivity contribution is 14.1. The van der Waals surface area contributed by atoms with Gasteiger partial charge in [0.1, 0.15) is 16.8 Å². The number of anilines is 1. The lowest BCUT2D eigenvalue weighted by Gasteiger charge is -2.18. The van der Waals surface area contributed by atoms with Gasteiger partial charge in [0.2, 0.25) is 0 Å². The van der Waals surface area contributed by atoms with Gasteiger partial charge in [0.05, 0.1) is 0 Å². The van der Waals surface area contributed by atoms with Crippen molar-refractivity contribution in [2.45, 2.75) is 0 Å². The molecule has 2 aromatic rings. The zero-order chi connectivity index (χ0) is 11.8. The summed E-state index contributed by atoms with van der Waals surface area (Å²) in [4.78, 5) is 0. The molecule has 2 heterocycles. The van der Waals surface area contributed by atoms with Crippen molar-refractivity contribution in [3.63, 3.8) is 0 Å². The Labute approximate surface area is 111 Å². The van der Waals surface area contributed by atoms with Crippen LogP contribution in [-0.4, -0.2) is 18.4 Å². The van der Waals surface area contributed by atoms with E-state index < -0.39 is 0 Å². The number of ether oxygens (including phenoxy) is 2.